The molecule has 2 N–H and O–H groups in total. The summed E-state index contributed by atoms with van der Waals surface area (Å²) in [6, 6.07) is 0. The minimum Gasteiger partial charge on any atom is -0.392 e. The third-order valence-corrected chi connectivity index (χ3v) is 2.62. The lowest BCUT2D eigenvalue weighted by atomic mass is 10.3. The second kappa shape index (κ2) is 3.65. The zero-order valence-electron chi connectivity index (χ0n) is 7.20. The van der Waals surface area contributed by atoms with Crippen molar-refractivity contribution in [2.24, 2.45) is 0 Å². The predicted octanol–water partition coefficient (Wildman–Crippen LogP) is 0.630. The second-order valence-corrected chi connectivity index (χ2v) is 3.71. The van der Waals surface area contributed by atoms with E-state index in [9.17, 15) is 5.11 Å². The molecule has 1 aromatic heterocycles. The molecule has 0 aliphatic carbocycles. The summed E-state index contributed by atoms with van der Waals surface area (Å²) in [5.41, 5.74) is 0.927. The van der Waals surface area contributed by atoms with Crippen molar-refractivity contribution in [1.29, 1.82) is 0 Å². The number of H-pyrrole nitrogens is 1. The molecule has 0 aromatic carbocycles. The molecule has 0 radical (unpaired) electrons. The number of imidazole rings is 1. The summed E-state index contributed by atoms with van der Waals surface area (Å²) in [4.78, 5) is 9.04. The van der Waals surface area contributed by atoms with Gasteiger partial charge < -0.3 is 10.1 Å². The molecule has 1 aliphatic rings. The van der Waals surface area contributed by atoms with Gasteiger partial charge in [-0.25, -0.2) is 4.98 Å². The summed E-state index contributed by atoms with van der Waals surface area (Å²) < 4.78 is 0. The lowest BCUT2D eigenvalue weighted by molar-refractivity contribution is 0.174. The van der Waals surface area contributed by atoms with Crippen LogP contribution in [-0.4, -0.2) is 39.2 Å². The molecule has 0 saturated carbocycles. The summed E-state index contributed by atoms with van der Waals surface area (Å²) >= 11 is 5.82. The van der Waals surface area contributed by atoms with Gasteiger partial charge in [-0.1, -0.05) is 11.6 Å². The normalized spacial score (nSPS) is 24.0. The first-order chi connectivity index (χ1) is 6.25. The summed E-state index contributed by atoms with van der Waals surface area (Å²) in [5, 5.41) is 9.83. The van der Waals surface area contributed by atoms with E-state index in [0.29, 0.717) is 5.15 Å². The van der Waals surface area contributed by atoms with Crippen LogP contribution in [0.2, 0.25) is 5.15 Å². The Hall–Kier alpha value is -0.580. The van der Waals surface area contributed by atoms with E-state index < -0.39 is 0 Å². The molecule has 2 heterocycles. The zero-order chi connectivity index (χ0) is 9.26. The van der Waals surface area contributed by atoms with Crippen LogP contribution in [0.5, 0.6) is 0 Å². The largest absolute Gasteiger partial charge is 0.392 e. The Labute approximate surface area is 81.5 Å². The standard InChI is InChI=1S/C8H12ClN3O/c9-8-7(10-5-11-8)4-12-2-1-6(13)3-12/h5-6,13H,1-4H2,(H,10,11). The Morgan fingerprint density at radius 2 is 2.62 bits per heavy atom. The van der Waals surface area contributed by atoms with E-state index >= 15 is 0 Å². The quantitative estimate of drug-likeness (QED) is 0.738. The van der Waals surface area contributed by atoms with E-state index in [-0.39, 0.29) is 6.10 Å². The van der Waals surface area contributed by atoms with Gasteiger partial charge in [0.1, 0.15) is 0 Å². The summed E-state index contributed by atoms with van der Waals surface area (Å²) in [6.07, 6.45) is 2.26. The molecule has 1 aliphatic heterocycles. The van der Waals surface area contributed by atoms with Gasteiger partial charge in [0.25, 0.3) is 0 Å². The number of nitrogens with one attached hydrogen (secondary N) is 1. The molecular weight excluding hydrogens is 190 g/mol. The molecule has 13 heavy (non-hydrogen) atoms. The highest BCUT2D eigenvalue weighted by molar-refractivity contribution is 6.30. The average Bonchev–Trinajstić information content (AvgIpc) is 2.64. The van der Waals surface area contributed by atoms with E-state index in [4.69, 9.17) is 11.6 Å². The van der Waals surface area contributed by atoms with Crippen LogP contribution >= 0.6 is 11.6 Å². The summed E-state index contributed by atoms with van der Waals surface area (Å²) in [6.45, 7) is 2.40. The first kappa shape index (κ1) is 8.99. The van der Waals surface area contributed by atoms with Crippen molar-refractivity contribution in [1.82, 2.24) is 14.9 Å². The molecule has 0 spiro atoms. The van der Waals surface area contributed by atoms with Crippen LogP contribution < -0.4 is 0 Å². The highest BCUT2D eigenvalue weighted by Crippen LogP contribution is 2.16. The highest BCUT2D eigenvalue weighted by Gasteiger charge is 2.21. The van der Waals surface area contributed by atoms with Crippen LogP contribution in [-0.2, 0) is 6.54 Å². The fourth-order valence-corrected chi connectivity index (χ4v) is 1.76. The third kappa shape index (κ3) is 2.02. The number of aliphatic hydroxyl groups is 1. The topological polar surface area (TPSA) is 52.1 Å². The van der Waals surface area contributed by atoms with Crippen LogP contribution in [0, 0.1) is 0 Å². The molecule has 1 aromatic rings. The van der Waals surface area contributed by atoms with Crippen LogP contribution in [0.25, 0.3) is 0 Å². The number of rotatable bonds is 2. The Kier molecular flexibility index (Phi) is 2.53. The molecule has 72 valence electrons. The van der Waals surface area contributed by atoms with Crippen molar-refractivity contribution >= 4 is 11.6 Å². The smallest absolute Gasteiger partial charge is 0.151 e. The number of aliphatic hydroxyl groups excluding tert-OH is 1. The van der Waals surface area contributed by atoms with Gasteiger partial charge in [0.15, 0.2) is 5.15 Å². The number of halogens is 1. The molecule has 1 unspecified atom stereocenters. The molecule has 1 saturated heterocycles. The lowest BCUT2D eigenvalue weighted by Gasteiger charge is -2.13. The molecular formula is C8H12ClN3O. The van der Waals surface area contributed by atoms with Crippen LogP contribution in [0.3, 0.4) is 0 Å². The highest BCUT2D eigenvalue weighted by atomic mass is 35.5. The maximum Gasteiger partial charge on any atom is 0.151 e. The van der Waals surface area contributed by atoms with Crippen LogP contribution in [0.1, 0.15) is 12.1 Å². The first-order valence-corrected chi connectivity index (χ1v) is 4.71. The van der Waals surface area contributed by atoms with Gasteiger partial charge >= 0.3 is 0 Å². The zero-order valence-corrected chi connectivity index (χ0v) is 7.96. The Morgan fingerprint density at radius 3 is 3.15 bits per heavy atom. The molecule has 5 heteroatoms. The number of hydrogen-bond acceptors (Lipinski definition) is 3. The number of hydrogen-bond donors (Lipinski definition) is 2. The fourth-order valence-electron chi connectivity index (χ4n) is 1.59. The number of β-amino-alcohol motifs (C(OH)–C–C–N with tert-alkyl or cyclic N) is 1. The van der Waals surface area contributed by atoms with Gasteiger partial charge in [-0.3, -0.25) is 4.90 Å². The minimum atomic E-state index is -0.179. The number of aromatic nitrogens is 2. The summed E-state index contributed by atoms with van der Waals surface area (Å²) in [7, 11) is 0. The molecule has 0 amide bonds. The lowest BCUT2D eigenvalue weighted by Crippen LogP contribution is -2.21. The Bertz CT molecular complexity index is 289. The Morgan fingerprint density at radius 1 is 1.77 bits per heavy atom. The predicted molar refractivity (Wildman–Crippen MR) is 49.5 cm³/mol. The van der Waals surface area contributed by atoms with E-state index in [1.165, 1.54) is 0 Å². The maximum absolute atomic E-state index is 9.30. The molecule has 1 fully saturated rings. The van der Waals surface area contributed by atoms with E-state index in [0.717, 1.165) is 31.7 Å². The van der Waals surface area contributed by atoms with Crippen molar-refractivity contribution in [3.63, 3.8) is 0 Å². The van der Waals surface area contributed by atoms with Gasteiger partial charge in [0.2, 0.25) is 0 Å². The van der Waals surface area contributed by atoms with Crippen LogP contribution in [0.15, 0.2) is 6.33 Å². The Balaban J connectivity index is 1.95. The van der Waals surface area contributed by atoms with Gasteiger partial charge in [-0.15, -0.1) is 0 Å². The van der Waals surface area contributed by atoms with Gasteiger partial charge in [-0.2, -0.15) is 0 Å². The van der Waals surface area contributed by atoms with E-state index in [1.807, 2.05) is 0 Å². The van der Waals surface area contributed by atoms with Gasteiger partial charge in [-0.05, 0) is 6.42 Å². The summed E-state index contributed by atoms with van der Waals surface area (Å²) in [5.74, 6) is 0. The number of aromatic amines is 1. The SMILES string of the molecule is OC1CCN(Cc2[nH]cnc2Cl)C1. The number of nitrogens with zero attached hydrogens (tertiary/aromatic N) is 2. The maximum atomic E-state index is 9.30. The molecule has 1 atom stereocenters. The van der Waals surface area contributed by atoms with Crippen molar-refractivity contribution < 1.29 is 5.11 Å². The van der Waals surface area contributed by atoms with Gasteiger partial charge in [0.05, 0.1) is 18.1 Å². The third-order valence-electron chi connectivity index (χ3n) is 2.29. The fraction of sp³-hybridized carbons (Fsp3) is 0.625. The van der Waals surface area contributed by atoms with Crippen LogP contribution in [0.4, 0.5) is 0 Å². The van der Waals surface area contributed by atoms with Crippen molar-refractivity contribution in [2.75, 3.05) is 13.1 Å². The van der Waals surface area contributed by atoms with E-state index in [2.05, 4.69) is 14.9 Å². The van der Waals surface area contributed by atoms with Crippen molar-refractivity contribution in [3.05, 3.63) is 17.2 Å². The van der Waals surface area contributed by atoms with Crippen molar-refractivity contribution in [3.8, 4) is 0 Å². The van der Waals surface area contributed by atoms with E-state index in [1.54, 1.807) is 6.33 Å². The average molecular weight is 202 g/mol. The second-order valence-electron chi connectivity index (χ2n) is 3.35. The number of likely N-dealkylation sites (tertiary alicyclic amines) is 1. The first-order valence-electron chi connectivity index (χ1n) is 4.34. The molecule has 4 nitrogen and oxygen atoms in total. The molecule has 2 rings (SSSR count). The minimum absolute atomic E-state index is 0.179. The van der Waals surface area contributed by atoms with Gasteiger partial charge in [0, 0.05) is 19.6 Å². The molecule has 0 bridgehead atoms. The van der Waals surface area contributed by atoms with Crippen molar-refractivity contribution in [2.45, 2.75) is 19.1 Å². The monoisotopic (exact) mass is 201 g/mol.